The lowest BCUT2D eigenvalue weighted by atomic mass is 10.1. The summed E-state index contributed by atoms with van der Waals surface area (Å²) in [7, 11) is 0. The summed E-state index contributed by atoms with van der Waals surface area (Å²) in [5.41, 5.74) is 0. The third-order valence-corrected chi connectivity index (χ3v) is 2.81. The van der Waals surface area contributed by atoms with Crippen LogP contribution in [0.2, 0.25) is 0 Å². The van der Waals surface area contributed by atoms with E-state index in [4.69, 9.17) is 0 Å². The lowest BCUT2D eigenvalue weighted by Crippen LogP contribution is -2.46. The maximum Gasteiger partial charge on any atom is 0.129 e. The Bertz CT molecular complexity index is 288. The van der Waals surface area contributed by atoms with Crippen molar-refractivity contribution in [1.29, 1.82) is 0 Å². The molecule has 64 valence electrons. The molecule has 0 aliphatic carbocycles. The van der Waals surface area contributed by atoms with Crippen molar-refractivity contribution in [2.24, 2.45) is 0 Å². The molecule has 1 aromatic rings. The maximum atomic E-state index is 4.31. The third-order valence-electron chi connectivity index (χ3n) is 2.32. The predicted molar refractivity (Wildman–Crippen MR) is 53.4 cm³/mol. The van der Waals surface area contributed by atoms with Crippen LogP contribution < -0.4 is 4.90 Å². The van der Waals surface area contributed by atoms with E-state index in [0.717, 1.165) is 16.8 Å². The van der Waals surface area contributed by atoms with Gasteiger partial charge in [0.1, 0.15) is 5.82 Å². The molecule has 0 radical (unpaired) electrons. The highest BCUT2D eigenvalue weighted by Crippen LogP contribution is 2.25. The Kier molecular flexibility index (Phi) is 2.05. The van der Waals surface area contributed by atoms with Gasteiger partial charge in [0.15, 0.2) is 0 Å². The van der Waals surface area contributed by atoms with Crippen LogP contribution in [0.4, 0.5) is 5.82 Å². The Hall–Kier alpha value is -0.570. The zero-order valence-electron chi connectivity index (χ0n) is 7.00. The highest BCUT2D eigenvalue weighted by molar-refractivity contribution is 9.10. The van der Waals surface area contributed by atoms with Crippen LogP contribution in [0, 0.1) is 0 Å². The summed E-state index contributed by atoms with van der Waals surface area (Å²) in [6.07, 6.45) is 3.12. The van der Waals surface area contributed by atoms with Crippen molar-refractivity contribution in [2.75, 3.05) is 11.4 Å². The van der Waals surface area contributed by atoms with Gasteiger partial charge in [-0.3, -0.25) is 0 Å². The van der Waals surface area contributed by atoms with Crippen molar-refractivity contribution >= 4 is 21.7 Å². The first-order chi connectivity index (χ1) is 5.77. The summed E-state index contributed by atoms with van der Waals surface area (Å²) < 4.78 is 1.10. The summed E-state index contributed by atoms with van der Waals surface area (Å²) in [4.78, 5) is 6.62. The molecule has 12 heavy (non-hydrogen) atoms. The summed E-state index contributed by atoms with van der Waals surface area (Å²) in [5.74, 6) is 1.09. The number of nitrogens with zero attached hydrogens (tertiary/aromatic N) is 2. The first-order valence-corrected chi connectivity index (χ1v) is 4.95. The molecule has 1 aromatic heterocycles. The van der Waals surface area contributed by atoms with Crippen molar-refractivity contribution in [3.8, 4) is 0 Å². The Morgan fingerprint density at radius 2 is 2.50 bits per heavy atom. The quantitative estimate of drug-likeness (QED) is 0.732. The monoisotopic (exact) mass is 226 g/mol. The van der Waals surface area contributed by atoms with E-state index in [-0.39, 0.29) is 0 Å². The van der Waals surface area contributed by atoms with Gasteiger partial charge in [-0.05, 0) is 25.5 Å². The zero-order chi connectivity index (χ0) is 8.55. The summed E-state index contributed by atoms with van der Waals surface area (Å²) in [6.45, 7) is 3.37. The van der Waals surface area contributed by atoms with Crippen LogP contribution in [0.25, 0.3) is 0 Å². The zero-order valence-corrected chi connectivity index (χ0v) is 8.58. The van der Waals surface area contributed by atoms with Crippen LogP contribution >= 0.6 is 15.9 Å². The molecule has 1 aliphatic heterocycles. The fourth-order valence-electron chi connectivity index (χ4n) is 1.41. The van der Waals surface area contributed by atoms with Gasteiger partial charge in [0.05, 0.1) is 0 Å². The van der Waals surface area contributed by atoms with Crippen LogP contribution in [-0.4, -0.2) is 17.6 Å². The number of rotatable bonds is 1. The second-order valence-corrected chi connectivity index (χ2v) is 4.08. The van der Waals surface area contributed by atoms with Gasteiger partial charge in [-0.25, -0.2) is 4.98 Å². The van der Waals surface area contributed by atoms with E-state index in [1.807, 2.05) is 12.3 Å². The Morgan fingerprint density at radius 1 is 1.67 bits per heavy atom. The van der Waals surface area contributed by atoms with E-state index in [1.54, 1.807) is 0 Å². The number of hydrogen-bond acceptors (Lipinski definition) is 2. The standard InChI is InChI=1S/C9H11BrN2/c1-7-3-5-12(7)9-6-8(10)2-4-11-9/h2,4,6-7H,3,5H2,1H3. The molecular formula is C9H11BrN2. The van der Waals surface area contributed by atoms with Gasteiger partial charge in [-0.2, -0.15) is 0 Å². The number of anilines is 1. The van der Waals surface area contributed by atoms with E-state index in [2.05, 4.69) is 38.8 Å². The number of hydrogen-bond donors (Lipinski definition) is 0. The second-order valence-electron chi connectivity index (χ2n) is 3.16. The summed E-state index contributed by atoms with van der Waals surface area (Å²) >= 11 is 3.44. The van der Waals surface area contributed by atoms with Crippen molar-refractivity contribution in [3.63, 3.8) is 0 Å². The first-order valence-electron chi connectivity index (χ1n) is 4.15. The van der Waals surface area contributed by atoms with E-state index in [0.29, 0.717) is 6.04 Å². The Labute approximate surface area is 80.7 Å². The van der Waals surface area contributed by atoms with Crippen LogP contribution in [0.5, 0.6) is 0 Å². The Morgan fingerprint density at radius 3 is 3.00 bits per heavy atom. The van der Waals surface area contributed by atoms with Crippen molar-refractivity contribution in [1.82, 2.24) is 4.98 Å². The fourth-order valence-corrected chi connectivity index (χ4v) is 1.73. The number of halogens is 1. The molecule has 2 nitrogen and oxygen atoms in total. The molecular weight excluding hydrogens is 216 g/mol. The van der Waals surface area contributed by atoms with E-state index in [1.165, 1.54) is 6.42 Å². The first kappa shape index (κ1) is 8.05. The average Bonchev–Trinajstić information content (AvgIpc) is 2.02. The van der Waals surface area contributed by atoms with Gasteiger partial charge in [0, 0.05) is 23.3 Å². The summed E-state index contributed by atoms with van der Waals surface area (Å²) in [6, 6.07) is 4.68. The molecule has 1 saturated heterocycles. The third kappa shape index (κ3) is 1.33. The van der Waals surface area contributed by atoms with E-state index in [9.17, 15) is 0 Å². The predicted octanol–water partition coefficient (Wildman–Crippen LogP) is 2.44. The van der Waals surface area contributed by atoms with E-state index < -0.39 is 0 Å². The molecule has 0 aromatic carbocycles. The summed E-state index contributed by atoms with van der Waals surface area (Å²) in [5, 5.41) is 0. The molecule has 0 amide bonds. The molecule has 2 rings (SSSR count). The molecule has 1 fully saturated rings. The van der Waals surface area contributed by atoms with Gasteiger partial charge in [-0.1, -0.05) is 15.9 Å². The Balaban J connectivity index is 2.22. The van der Waals surface area contributed by atoms with Crippen LogP contribution in [0.1, 0.15) is 13.3 Å². The normalized spacial score (nSPS) is 22.2. The minimum absolute atomic E-state index is 0.659. The van der Waals surface area contributed by atoms with Gasteiger partial charge in [0.2, 0.25) is 0 Å². The van der Waals surface area contributed by atoms with Crippen LogP contribution in [-0.2, 0) is 0 Å². The molecule has 1 atom stereocenters. The van der Waals surface area contributed by atoms with Gasteiger partial charge in [0.25, 0.3) is 0 Å². The molecule has 1 aliphatic rings. The SMILES string of the molecule is CC1CCN1c1cc(Br)ccn1. The van der Waals surface area contributed by atoms with Gasteiger partial charge >= 0.3 is 0 Å². The lowest BCUT2D eigenvalue weighted by molar-refractivity contribution is 0.476. The molecule has 0 spiro atoms. The van der Waals surface area contributed by atoms with Crippen LogP contribution in [0.15, 0.2) is 22.8 Å². The second kappa shape index (κ2) is 3.05. The van der Waals surface area contributed by atoms with Crippen molar-refractivity contribution < 1.29 is 0 Å². The topological polar surface area (TPSA) is 16.1 Å². The molecule has 1 unspecified atom stereocenters. The molecule has 2 heterocycles. The minimum atomic E-state index is 0.659. The number of pyridine rings is 1. The van der Waals surface area contributed by atoms with Crippen LogP contribution in [0.3, 0.4) is 0 Å². The fraction of sp³-hybridized carbons (Fsp3) is 0.444. The number of aromatic nitrogens is 1. The van der Waals surface area contributed by atoms with Gasteiger partial charge < -0.3 is 4.90 Å². The average molecular weight is 227 g/mol. The molecule has 3 heteroatoms. The lowest BCUT2D eigenvalue weighted by Gasteiger charge is -2.39. The highest BCUT2D eigenvalue weighted by Gasteiger charge is 2.24. The maximum absolute atomic E-state index is 4.31. The van der Waals surface area contributed by atoms with Gasteiger partial charge in [-0.15, -0.1) is 0 Å². The van der Waals surface area contributed by atoms with Crippen molar-refractivity contribution in [3.05, 3.63) is 22.8 Å². The smallest absolute Gasteiger partial charge is 0.129 e. The molecule has 0 N–H and O–H groups in total. The molecule has 0 saturated carbocycles. The molecule has 0 bridgehead atoms. The van der Waals surface area contributed by atoms with Crippen molar-refractivity contribution in [2.45, 2.75) is 19.4 Å². The largest absolute Gasteiger partial charge is 0.354 e. The minimum Gasteiger partial charge on any atom is -0.354 e. The van der Waals surface area contributed by atoms with E-state index >= 15 is 0 Å². The highest BCUT2D eigenvalue weighted by atomic mass is 79.9.